The second-order valence-corrected chi connectivity index (χ2v) is 17.2. The van der Waals surface area contributed by atoms with E-state index in [0.29, 0.717) is 5.92 Å². The molecule has 326 valence electrons. The van der Waals surface area contributed by atoms with Crippen LogP contribution in [0.4, 0.5) is 17.1 Å². The van der Waals surface area contributed by atoms with Crippen molar-refractivity contribution in [3.63, 3.8) is 0 Å². The quantitative estimate of drug-likeness (QED) is 0.0798. The van der Waals surface area contributed by atoms with Crippen LogP contribution in [0.5, 0.6) is 5.75 Å². The van der Waals surface area contributed by atoms with E-state index in [1.165, 1.54) is 33.2 Å². The van der Waals surface area contributed by atoms with Crippen LogP contribution in [-0.4, -0.2) is 7.11 Å². The monoisotopic (exact) mass is 865 g/mol. The summed E-state index contributed by atoms with van der Waals surface area (Å²) >= 11 is 0. The van der Waals surface area contributed by atoms with Crippen molar-refractivity contribution in [1.29, 1.82) is 0 Å². The van der Waals surface area contributed by atoms with E-state index in [1.54, 1.807) is 7.11 Å². The number of benzene rings is 9. The fourth-order valence-corrected chi connectivity index (χ4v) is 8.65. The first-order valence-corrected chi connectivity index (χ1v) is 23.1. The smallest absolute Gasteiger partial charge is 0.118 e. The topological polar surface area (TPSA) is 12.5 Å². The van der Waals surface area contributed by atoms with Crippen molar-refractivity contribution in [3.8, 4) is 5.75 Å². The van der Waals surface area contributed by atoms with Gasteiger partial charge in [0.15, 0.2) is 0 Å². The Labute approximate surface area is 396 Å². The minimum Gasteiger partial charge on any atom is -0.497 e. The van der Waals surface area contributed by atoms with E-state index in [2.05, 4.69) is 268 Å². The minimum atomic E-state index is 0.433. The third-order valence-corrected chi connectivity index (χ3v) is 12.3. The number of allylic oxidation sites excluding steroid dienone is 4. The van der Waals surface area contributed by atoms with E-state index in [-0.39, 0.29) is 0 Å². The van der Waals surface area contributed by atoms with E-state index in [0.717, 1.165) is 67.2 Å². The summed E-state index contributed by atoms with van der Waals surface area (Å²) in [6.45, 7) is 6.62. The first kappa shape index (κ1) is 44.0. The molecule has 67 heavy (non-hydrogen) atoms. The lowest BCUT2D eigenvalue weighted by atomic mass is 9.91. The molecular weight excluding hydrogens is 811 g/mol. The van der Waals surface area contributed by atoms with Crippen molar-refractivity contribution in [2.75, 3.05) is 12.0 Å². The van der Waals surface area contributed by atoms with Crippen LogP contribution in [0.1, 0.15) is 69.8 Å². The fourth-order valence-electron chi connectivity index (χ4n) is 8.65. The van der Waals surface area contributed by atoms with Crippen LogP contribution in [-0.2, 0) is 0 Å². The van der Waals surface area contributed by atoms with Crippen LogP contribution in [0, 0.1) is 6.92 Å². The average molecular weight is 866 g/mol. The van der Waals surface area contributed by atoms with Gasteiger partial charge in [-0.15, -0.1) is 0 Å². The molecule has 2 nitrogen and oxygen atoms in total. The normalized spacial score (nSPS) is 11.8. The van der Waals surface area contributed by atoms with Crippen molar-refractivity contribution >= 4 is 56.7 Å². The molecule has 9 aromatic rings. The Hall–Kier alpha value is -8.20. The van der Waals surface area contributed by atoms with Crippen molar-refractivity contribution in [1.82, 2.24) is 0 Å². The molecule has 0 saturated heterocycles. The first-order valence-electron chi connectivity index (χ1n) is 23.1. The number of nitrogens with zero attached hydrogens (tertiary/aromatic N) is 1. The van der Waals surface area contributed by atoms with Gasteiger partial charge in [0, 0.05) is 16.8 Å². The van der Waals surface area contributed by atoms with Crippen LogP contribution in [0.3, 0.4) is 0 Å². The van der Waals surface area contributed by atoms with Gasteiger partial charge in [0.25, 0.3) is 0 Å². The number of ether oxygens (including phenoxy) is 1. The predicted octanol–water partition coefficient (Wildman–Crippen LogP) is 17.6. The largest absolute Gasteiger partial charge is 0.497 e. The lowest BCUT2D eigenvalue weighted by Crippen LogP contribution is -2.11. The number of anilines is 3. The molecule has 0 aliphatic rings. The Morgan fingerprint density at radius 2 is 0.985 bits per heavy atom. The summed E-state index contributed by atoms with van der Waals surface area (Å²) in [5.41, 5.74) is 17.3. The molecule has 0 atom stereocenters. The molecule has 0 aromatic heterocycles. The lowest BCUT2D eigenvalue weighted by Gasteiger charge is -2.28. The second-order valence-electron chi connectivity index (χ2n) is 17.2. The number of hydrogen-bond donors (Lipinski definition) is 0. The third kappa shape index (κ3) is 10.4. The summed E-state index contributed by atoms with van der Waals surface area (Å²) in [6, 6.07) is 80.4. The van der Waals surface area contributed by atoms with Gasteiger partial charge in [0.2, 0.25) is 0 Å². The van der Waals surface area contributed by atoms with E-state index in [1.807, 2.05) is 12.1 Å². The maximum Gasteiger partial charge on any atom is 0.118 e. The molecule has 2 heteroatoms. The molecular formula is C65H55NO. The van der Waals surface area contributed by atoms with Crippen LogP contribution in [0.25, 0.3) is 39.6 Å². The maximum absolute atomic E-state index is 5.55. The Balaban J connectivity index is 1.14. The van der Waals surface area contributed by atoms with Gasteiger partial charge in [-0.05, 0) is 134 Å². The van der Waals surface area contributed by atoms with E-state index in [4.69, 9.17) is 4.74 Å². The van der Waals surface area contributed by atoms with Crippen LogP contribution in [0.15, 0.2) is 243 Å². The molecule has 0 aliphatic heterocycles. The van der Waals surface area contributed by atoms with Crippen molar-refractivity contribution in [2.45, 2.75) is 26.7 Å². The van der Waals surface area contributed by atoms with Gasteiger partial charge in [0.05, 0.1) is 12.8 Å². The number of aryl methyl sites for hydroxylation is 1. The molecule has 0 fully saturated rings. The van der Waals surface area contributed by atoms with E-state index in [9.17, 15) is 0 Å². The fraction of sp³-hybridized carbons (Fsp3) is 0.0769. The number of fused-ring (bicyclic) bond motifs is 1. The molecule has 0 N–H and O–H groups in total. The van der Waals surface area contributed by atoms with Gasteiger partial charge >= 0.3 is 0 Å². The summed E-state index contributed by atoms with van der Waals surface area (Å²) in [7, 11) is 1.71. The van der Waals surface area contributed by atoms with Crippen LogP contribution >= 0.6 is 0 Å². The third-order valence-electron chi connectivity index (χ3n) is 12.3. The highest BCUT2D eigenvalue weighted by molar-refractivity contribution is 6.06. The van der Waals surface area contributed by atoms with Crippen molar-refractivity contribution in [3.05, 3.63) is 293 Å². The molecule has 0 unspecified atom stereocenters. The summed E-state index contributed by atoms with van der Waals surface area (Å²) in [5.74, 6) is 1.27. The zero-order valence-corrected chi connectivity index (χ0v) is 38.7. The highest BCUT2D eigenvalue weighted by Gasteiger charge is 2.18. The molecule has 0 heterocycles. The molecule has 0 spiro atoms. The molecule has 9 aromatic carbocycles. The van der Waals surface area contributed by atoms with Gasteiger partial charge in [-0.25, -0.2) is 0 Å². The Bertz CT molecular complexity index is 3140. The summed E-state index contributed by atoms with van der Waals surface area (Å²) in [4.78, 5) is 2.40. The highest BCUT2D eigenvalue weighted by Crippen LogP contribution is 2.41. The summed E-state index contributed by atoms with van der Waals surface area (Å²) in [5, 5.41) is 2.34. The SMILES string of the molecule is COc1ccc(/C(=C/C(=C/c2ccc(N(c3ccc(/C=C/C=C(c4ccccc4)c4ccccc4)cc3)c3ccc(C(C)C)cc3)c3ccccc23)c2ccccc2)c2ccc(C)cc2)cc1. The van der Waals surface area contributed by atoms with Gasteiger partial charge in [-0.3, -0.25) is 0 Å². The van der Waals surface area contributed by atoms with Gasteiger partial charge in [-0.1, -0.05) is 220 Å². The molecule has 0 saturated carbocycles. The van der Waals surface area contributed by atoms with E-state index >= 15 is 0 Å². The minimum absolute atomic E-state index is 0.433. The molecule has 0 radical (unpaired) electrons. The van der Waals surface area contributed by atoms with Gasteiger partial charge in [-0.2, -0.15) is 0 Å². The number of rotatable bonds is 14. The van der Waals surface area contributed by atoms with Crippen molar-refractivity contribution in [2.24, 2.45) is 0 Å². The maximum atomic E-state index is 5.55. The van der Waals surface area contributed by atoms with Gasteiger partial charge < -0.3 is 9.64 Å². The molecule has 9 rings (SSSR count). The predicted molar refractivity (Wildman–Crippen MR) is 287 cm³/mol. The summed E-state index contributed by atoms with van der Waals surface area (Å²) < 4.78 is 5.55. The van der Waals surface area contributed by atoms with E-state index < -0.39 is 0 Å². The zero-order chi connectivity index (χ0) is 46.0. The Kier molecular flexibility index (Phi) is 13.6. The highest BCUT2D eigenvalue weighted by atomic mass is 16.5. The molecule has 0 aliphatic carbocycles. The van der Waals surface area contributed by atoms with Crippen LogP contribution < -0.4 is 9.64 Å². The Morgan fingerprint density at radius 1 is 0.478 bits per heavy atom. The number of hydrogen-bond acceptors (Lipinski definition) is 2. The van der Waals surface area contributed by atoms with Gasteiger partial charge in [0.1, 0.15) is 5.75 Å². The van der Waals surface area contributed by atoms with Crippen LogP contribution in [0.2, 0.25) is 0 Å². The number of methoxy groups -OCH3 is 1. The average Bonchev–Trinajstić information content (AvgIpc) is 3.39. The zero-order valence-electron chi connectivity index (χ0n) is 38.7. The first-order chi connectivity index (χ1) is 32.9. The summed E-state index contributed by atoms with van der Waals surface area (Å²) in [6.07, 6.45) is 11.2. The molecule has 0 amide bonds. The lowest BCUT2D eigenvalue weighted by molar-refractivity contribution is 0.415. The molecule has 0 bridgehead atoms. The Morgan fingerprint density at radius 3 is 1.55 bits per heavy atom. The second kappa shape index (κ2) is 20.7. The standard InChI is InChI=1S/C65H55NO/c1-47(2)50-33-40-59(41-34-50)66(58-38-29-49(30-39-58)17-16-26-61(52-20-10-6-11-21-52)53-22-12-7-13-23-53)65-44-37-56(62-24-14-15-25-63(62)65)45-57(51-18-8-5-9-19-51)46-64(54-31-27-48(3)28-32-54)55-35-42-60(67-4)43-36-55/h5-47H,1-4H3/b17-16+,57-45-,64-46+. The van der Waals surface area contributed by atoms with Crippen molar-refractivity contribution < 1.29 is 4.74 Å².